The van der Waals surface area contributed by atoms with Crippen molar-refractivity contribution in [1.29, 1.82) is 0 Å². The SMILES string of the molecule is O=C(CCc1ncc(-c2ccc(F)cc2F)o1)Nc1ccccc1C(=O)NCC1CCCO1. The van der Waals surface area contributed by atoms with Crippen LogP contribution in [0.3, 0.4) is 0 Å². The summed E-state index contributed by atoms with van der Waals surface area (Å²) in [4.78, 5) is 29.1. The first-order valence-corrected chi connectivity index (χ1v) is 10.7. The first kappa shape index (κ1) is 22.6. The van der Waals surface area contributed by atoms with E-state index in [9.17, 15) is 18.4 Å². The lowest BCUT2D eigenvalue weighted by molar-refractivity contribution is -0.116. The number of amides is 2. The van der Waals surface area contributed by atoms with Crippen LogP contribution in [0.25, 0.3) is 11.3 Å². The van der Waals surface area contributed by atoms with E-state index in [1.165, 1.54) is 12.3 Å². The lowest BCUT2D eigenvalue weighted by atomic mass is 10.1. The number of hydrogen-bond donors (Lipinski definition) is 2. The Balaban J connectivity index is 1.33. The molecule has 1 saturated heterocycles. The third-order valence-corrected chi connectivity index (χ3v) is 5.28. The van der Waals surface area contributed by atoms with Gasteiger partial charge in [-0.05, 0) is 37.1 Å². The van der Waals surface area contributed by atoms with E-state index in [0.29, 0.717) is 24.4 Å². The molecule has 1 aliphatic heterocycles. The van der Waals surface area contributed by atoms with Gasteiger partial charge in [-0.2, -0.15) is 0 Å². The van der Waals surface area contributed by atoms with Gasteiger partial charge in [0.05, 0.1) is 29.1 Å². The molecule has 3 aromatic rings. The van der Waals surface area contributed by atoms with E-state index in [-0.39, 0.29) is 48.0 Å². The number of aryl methyl sites for hydroxylation is 1. The highest BCUT2D eigenvalue weighted by Gasteiger charge is 2.19. The topological polar surface area (TPSA) is 93.5 Å². The highest BCUT2D eigenvalue weighted by Crippen LogP contribution is 2.25. The average Bonchev–Trinajstić information content (AvgIpc) is 3.49. The van der Waals surface area contributed by atoms with Crippen molar-refractivity contribution in [3.05, 3.63) is 71.8 Å². The maximum absolute atomic E-state index is 13.9. The number of nitrogens with zero attached hydrogens (tertiary/aromatic N) is 1. The van der Waals surface area contributed by atoms with Gasteiger partial charge in [0.25, 0.3) is 5.91 Å². The summed E-state index contributed by atoms with van der Waals surface area (Å²) in [6.07, 6.45) is 3.45. The molecule has 0 saturated carbocycles. The largest absolute Gasteiger partial charge is 0.441 e. The van der Waals surface area contributed by atoms with E-state index < -0.39 is 11.6 Å². The van der Waals surface area contributed by atoms with Gasteiger partial charge >= 0.3 is 0 Å². The molecular formula is C24H23F2N3O4. The smallest absolute Gasteiger partial charge is 0.253 e. The fourth-order valence-electron chi connectivity index (χ4n) is 3.57. The zero-order valence-corrected chi connectivity index (χ0v) is 17.8. The number of benzene rings is 2. The molecule has 7 nitrogen and oxygen atoms in total. The summed E-state index contributed by atoms with van der Waals surface area (Å²) in [7, 11) is 0. The van der Waals surface area contributed by atoms with Gasteiger partial charge in [-0.3, -0.25) is 9.59 Å². The molecule has 2 heterocycles. The zero-order chi connectivity index (χ0) is 23.2. The van der Waals surface area contributed by atoms with E-state index in [1.807, 2.05) is 0 Å². The van der Waals surface area contributed by atoms with Gasteiger partial charge in [-0.25, -0.2) is 13.8 Å². The molecule has 9 heteroatoms. The highest BCUT2D eigenvalue weighted by molar-refractivity contribution is 6.03. The summed E-state index contributed by atoms with van der Waals surface area (Å²) in [5.41, 5.74) is 0.838. The normalized spacial score (nSPS) is 15.4. The van der Waals surface area contributed by atoms with Gasteiger partial charge in [-0.1, -0.05) is 12.1 Å². The van der Waals surface area contributed by atoms with Crippen LogP contribution in [-0.4, -0.2) is 36.1 Å². The molecule has 0 bridgehead atoms. The van der Waals surface area contributed by atoms with E-state index >= 15 is 0 Å². The molecule has 172 valence electrons. The number of carbonyl (C=O) groups excluding carboxylic acids is 2. The van der Waals surface area contributed by atoms with Crippen LogP contribution in [0.5, 0.6) is 0 Å². The maximum Gasteiger partial charge on any atom is 0.253 e. The van der Waals surface area contributed by atoms with Gasteiger partial charge in [0, 0.05) is 32.1 Å². The quantitative estimate of drug-likeness (QED) is 0.534. The molecule has 1 unspecified atom stereocenters. The Morgan fingerprint density at radius 2 is 2.00 bits per heavy atom. The van der Waals surface area contributed by atoms with Crippen molar-refractivity contribution in [1.82, 2.24) is 10.3 Å². The summed E-state index contributed by atoms with van der Waals surface area (Å²) in [6, 6.07) is 9.89. The number of para-hydroxylation sites is 1. The van der Waals surface area contributed by atoms with Crippen LogP contribution < -0.4 is 10.6 Å². The van der Waals surface area contributed by atoms with Crippen molar-refractivity contribution < 1.29 is 27.5 Å². The Bertz CT molecular complexity index is 1140. The molecule has 1 fully saturated rings. The number of carbonyl (C=O) groups is 2. The first-order valence-electron chi connectivity index (χ1n) is 10.7. The molecule has 1 aliphatic rings. The Labute approximate surface area is 189 Å². The molecule has 0 spiro atoms. The van der Waals surface area contributed by atoms with Gasteiger partial charge in [-0.15, -0.1) is 0 Å². The van der Waals surface area contributed by atoms with Crippen molar-refractivity contribution >= 4 is 17.5 Å². The summed E-state index contributed by atoms with van der Waals surface area (Å²) >= 11 is 0. The van der Waals surface area contributed by atoms with Crippen molar-refractivity contribution in [2.75, 3.05) is 18.5 Å². The van der Waals surface area contributed by atoms with Crippen LogP contribution in [0, 0.1) is 11.6 Å². The third-order valence-electron chi connectivity index (χ3n) is 5.28. The fraction of sp³-hybridized carbons (Fsp3) is 0.292. The first-order chi connectivity index (χ1) is 16.0. The number of nitrogens with one attached hydrogen (secondary N) is 2. The molecule has 1 atom stereocenters. The number of ether oxygens (including phenoxy) is 1. The van der Waals surface area contributed by atoms with Crippen LogP contribution in [-0.2, 0) is 16.0 Å². The molecule has 4 rings (SSSR count). The number of oxazole rings is 1. The van der Waals surface area contributed by atoms with Gasteiger partial charge in [0.2, 0.25) is 5.91 Å². The summed E-state index contributed by atoms with van der Waals surface area (Å²) < 4.78 is 38.0. The van der Waals surface area contributed by atoms with Crippen LogP contribution in [0.1, 0.15) is 35.5 Å². The summed E-state index contributed by atoms with van der Waals surface area (Å²) in [6.45, 7) is 1.13. The second-order valence-corrected chi connectivity index (χ2v) is 7.68. The van der Waals surface area contributed by atoms with Gasteiger partial charge in [0.15, 0.2) is 11.7 Å². The Morgan fingerprint density at radius 3 is 2.79 bits per heavy atom. The molecule has 2 N–H and O–H groups in total. The molecule has 2 aromatic carbocycles. The molecule has 0 aliphatic carbocycles. The monoisotopic (exact) mass is 455 g/mol. The summed E-state index contributed by atoms with van der Waals surface area (Å²) in [5.74, 6) is -1.68. The Kier molecular flexibility index (Phi) is 7.09. The predicted octanol–water partition coefficient (Wildman–Crippen LogP) is 4.10. The minimum Gasteiger partial charge on any atom is -0.441 e. The van der Waals surface area contributed by atoms with Crippen molar-refractivity contribution in [3.63, 3.8) is 0 Å². The third kappa shape index (κ3) is 5.81. The zero-order valence-electron chi connectivity index (χ0n) is 17.8. The predicted molar refractivity (Wildman–Crippen MR) is 117 cm³/mol. The summed E-state index contributed by atoms with van der Waals surface area (Å²) in [5, 5.41) is 5.59. The van der Waals surface area contributed by atoms with Gasteiger partial charge in [0.1, 0.15) is 11.6 Å². The molecule has 0 radical (unpaired) electrons. The second kappa shape index (κ2) is 10.4. The van der Waals surface area contributed by atoms with Crippen LogP contribution in [0.15, 0.2) is 53.1 Å². The minimum absolute atomic E-state index is 0.0183. The van der Waals surface area contributed by atoms with Crippen molar-refractivity contribution in [3.8, 4) is 11.3 Å². The number of aromatic nitrogens is 1. The number of rotatable bonds is 8. The van der Waals surface area contributed by atoms with E-state index in [1.54, 1.807) is 24.3 Å². The Morgan fingerprint density at radius 1 is 1.15 bits per heavy atom. The average molecular weight is 455 g/mol. The molecule has 2 amide bonds. The molecule has 1 aromatic heterocycles. The second-order valence-electron chi connectivity index (χ2n) is 7.68. The van der Waals surface area contributed by atoms with E-state index in [4.69, 9.17) is 9.15 Å². The number of anilines is 1. The van der Waals surface area contributed by atoms with Crippen LogP contribution in [0.2, 0.25) is 0 Å². The van der Waals surface area contributed by atoms with Crippen LogP contribution >= 0.6 is 0 Å². The molecular weight excluding hydrogens is 432 g/mol. The minimum atomic E-state index is -0.759. The Hall–Kier alpha value is -3.59. The highest BCUT2D eigenvalue weighted by atomic mass is 19.1. The van der Waals surface area contributed by atoms with Gasteiger partial charge < -0.3 is 19.8 Å². The van der Waals surface area contributed by atoms with E-state index in [0.717, 1.165) is 25.0 Å². The molecule has 33 heavy (non-hydrogen) atoms. The number of hydrogen-bond acceptors (Lipinski definition) is 5. The lowest BCUT2D eigenvalue weighted by Gasteiger charge is -2.13. The van der Waals surface area contributed by atoms with Crippen molar-refractivity contribution in [2.45, 2.75) is 31.8 Å². The number of halogens is 2. The maximum atomic E-state index is 13.9. The fourth-order valence-corrected chi connectivity index (χ4v) is 3.57. The lowest BCUT2D eigenvalue weighted by Crippen LogP contribution is -2.32. The van der Waals surface area contributed by atoms with E-state index in [2.05, 4.69) is 15.6 Å². The van der Waals surface area contributed by atoms with Crippen molar-refractivity contribution in [2.24, 2.45) is 0 Å². The van der Waals surface area contributed by atoms with Crippen LogP contribution in [0.4, 0.5) is 14.5 Å². The standard InChI is InChI=1S/C24H23F2N3O4/c25-15-7-8-17(19(26)12-15)21-14-27-23(33-21)10-9-22(30)29-20-6-2-1-5-18(20)24(31)28-13-16-4-3-11-32-16/h1-2,5-8,12,14,16H,3-4,9-11,13H2,(H,28,31)(H,29,30).